The normalized spacial score (nSPS) is 10.5. The smallest absolute Gasteiger partial charge is 0.249 e. The van der Waals surface area contributed by atoms with Gasteiger partial charge in [0.2, 0.25) is 11.9 Å². The van der Waals surface area contributed by atoms with Gasteiger partial charge in [-0.1, -0.05) is 17.7 Å². The van der Waals surface area contributed by atoms with Crippen LogP contribution >= 0.6 is 11.6 Å². The highest BCUT2D eigenvalue weighted by Gasteiger charge is 2.12. The van der Waals surface area contributed by atoms with E-state index in [1.807, 2.05) is 12.1 Å². The monoisotopic (exact) mass is 316 g/mol. The molecule has 3 N–H and O–H groups in total. The predicted molar refractivity (Wildman–Crippen MR) is 84.9 cm³/mol. The fourth-order valence-electron chi connectivity index (χ4n) is 1.92. The minimum absolute atomic E-state index is 0.224. The van der Waals surface area contributed by atoms with Gasteiger partial charge in [-0.05, 0) is 30.3 Å². The molecule has 3 aromatic rings. The van der Waals surface area contributed by atoms with Crippen LogP contribution in [0.4, 0.5) is 17.6 Å². The van der Waals surface area contributed by atoms with Crippen molar-refractivity contribution in [2.24, 2.45) is 0 Å². The number of ether oxygens (including phenoxy) is 1. The Morgan fingerprint density at radius 3 is 2.86 bits per heavy atom. The molecular weight excluding hydrogens is 304 g/mol. The van der Waals surface area contributed by atoms with Crippen LogP contribution in [0.15, 0.2) is 42.6 Å². The summed E-state index contributed by atoms with van der Waals surface area (Å²) in [5.41, 5.74) is 6.53. The van der Waals surface area contributed by atoms with E-state index in [1.165, 1.54) is 4.68 Å². The highest BCUT2D eigenvalue weighted by molar-refractivity contribution is 6.30. The van der Waals surface area contributed by atoms with E-state index in [0.29, 0.717) is 28.2 Å². The summed E-state index contributed by atoms with van der Waals surface area (Å²) in [6.45, 7) is 0. The molecule has 7 nitrogen and oxygen atoms in total. The number of nitrogens with two attached hydrogens (primary N) is 1. The van der Waals surface area contributed by atoms with Gasteiger partial charge in [0, 0.05) is 11.2 Å². The van der Waals surface area contributed by atoms with Gasteiger partial charge < -0.3 is 15.8 Å². The number of benzene rings is 1. The fraction of sp³-hybridized carbons (Fsp3) is 0.0714. The van der Waals surface area contributed by atoms with Gasteiger partial charge in [-0.25, -0.2) is 4.98 Å². The molecule has 8 heteroatoms. The standard InChI is InChI=1S/C14H13ClN6O/c1-22-11-6-5-9(15)8-10(11)18-14-19-13(16)21(20-14)12-4-2-3-7-17-12/h2-8H,1H3,(H3,16,18,19,20). The molecule has 0 saturated heterocycles. The fourth-order valence-corrected chi connectivity index (χ4v) is 2.10. The molecule has 0 spiro atoms. The molecular formula is C14H13ClN6O. The van der Waals surface area contributed by atoms with Crippen LogP contribution in [0.2, 0.25) is 5.02 Å². The molecule has 0 unspecified atom stereocenters. The van der Waals surface area contributed by atoms with E-state index < -0.39 is 0 Å². The largest absolute Gasteiger partial charge is 0.495 e. The molecule has 3 rings (SSSR count). The molecule has 0 aliphatic carbocycles. The van der Waals surface area contributed by atoms with Gasteiger partial charge in [0.05, 0.1) is 12.8 Å². The van der Waals surface area contributed by atoms with Crippen LogP contribution in [0.1, 0.15) is 0 Å². The van der Waals surface area contributed by atoms with Crippen molar-refractivity contribution in [1.29, 1.82) is 0 Å². The average molecular weight is 317 g/mol. The molecule has 0 bridgehead atoms. The van der Waals surface area contributed by atoms with Crippen LogP contribution in [-0.2, 0) is 0 Å². The van der Waals surface area contributed by atoms with Crippen LogP contribution in [0.5, 0.6) is 5.75 Å². The Balaban J connectivity index is 1.93. The van der Waals surface area contributed by atoms with E-state index >= 15 is 0 Å². The Labute approximate surface area is 131 Å². The number of halogens is 1. The lowest BCUT2D eigenvalue weighted by molar-refractivity contribution is 0.417. The predicted octanol–water partition coefficient (Wildman–Crippen LogP) is 2.65. The van der Waals surface area contributed by atoms with Gasteiger partial charge in [0.1, 0.15) is 5.75 Å². The SMILES string of the molecule is COc1ccc(Cl)cc1Nc1nc(N)n(-c2ccccn2)n1. The Bertz CT molecular complexity index is 789. The maximum Gasteiger partial charge on any atom is 0.249 e. The molecule has 0 aliphatic heterocycles. The molecule has 0 fully saturated rings. The minimum atomic E-state index is 0.224. The number of methoxy groups -OCH3 is 1. The van der Waals surface area contributed by atoms with Crippen molar-refractivity contribution in [3.05, 3.63) is 47.6 Å². The third-order valence-corrected chi connectivity index (χ3v) is 3.14. The molecule has 2 aromatic heterocycles. The molecule has 0 saturated carbocycles. The van der Waals surface area contributed by atoms with Crippen molar-refractivity contribution in [1.82, 2.24) is 19.7 Å². The first-order valence-electron chi connectivity index (χ1n) is 6.42. The van der Waals surface area contributed by atoms with E-state index in [2.05, 4.69) is 20.4 Å². The molecule has 2 heterocycles. The van der Waals surface area contributed by atoms with E-state index in [-0.39, 0.29) is 5.95 Å². The summed E-state index contributed by atoms with van der Waals surface area (Å²) in [5.74, 6) is 1.75. The Hall–Kier alpha value is -2.80. The molecule has 22 heavy (non-hydrogen) atoms. The molecule has 0 aliphatic rings. The lowest BCUT2D eigenvalue weighted by atomic mass is 10.3. The van der Waals surface area contributed by atoms with Crippen molar-refractivity contribution in [2.45, 2.75) is 0 Å². The van der Waals surface area contributed by atoms with Gasteiger partial charge in [-0.15, -0.1) is 5.10 Å². The maximum atomic E-state index is 6.00. The zero-order valence-corrected chi connectivity index (χ0v) is 12.4. The second-order valence-electron chi connectivity index (χ2n) is 4.36. The Morgan fingerprint density at radius 1 is 1.27 bits per heavy atom. The average Bonchev–Trinajstić information content (AvgIpc) is 2.89. The first-order chi connectivity index (χ1) is 10.7. The van der Waals surface area contributed by atoms with Crippen LogP contribution in [-0.4, -0.2) is 26.9 Å². The van der Waals surface area contributed by atoms with Gasteiger partial charge in [-0.3, -0.25) is 0 Å². The number of pyridine rings is 1. The number of rotatable bonds is 4. The first kappa shape index (κ1) is 14.2. The third-order valence-electron chi connectivity index (χ3n) is 2.91. The Kier molecular flexibility index (Phi) is 3.80. The third kappa shape index (κ3) is 2.79. The topological polar surface area (TPSA) is 90.9 Å². The number of hydrogen-bond donors (Lipinski definition) is 2. The lowest BCUT2D eigenvalue weighted by Gasteiger charge is -2.08. The zero-order valence-electron chi connectivity index (χ0n) is 11.7. The minimum Gasteiger partial charge on any atom is -0.495 e. The van der Waals surface area contributed by atoms with E-state index in [1.54, 1.807) is 37.6 Å². The van der Waals surface area contributed by atoms with Gasteiger partial charge in [0.15, 0.2) is 5.82 Å². The second kappa shape index (κ2) is 5.90. The molecule has 1 aromatic carbocycles. The number of aromatic nitrogens is 4. The highest BCUT2D eigenvalue weighted by Crippen LogP contribution is 2.29. The molecule has 112 valence electrons. The maximum absolute atomic E-state index is 6.00. The summed E-state index contributed by atoms with van der Waals surface area (Å²) in [4.78, 5) is 8.35. The molecule has 0 amide bonds. The summed E-state index contributed by atoms with van der Waals surface area (Å²) in [6.07, 6.45) is 1.66. The number of nitrogens with one attached hydrogen (secondary N) is 1. The second-order valence-corrected chi connectivity index (χ2v) is 4.80. The zero-order chi connectivity index (χ0) is 15.5. The lowest BCUT2D eigenvalue weighted by Crippen LogP contribution is -2.04. The van der Waals surface area contributed by atoms with Gasteiger partial charge in [-0.2, -0.15) is 9.67 Å². The van der Waals surface area contributed by atoms with Crippen LogP contribution < -0.4 is 15.8 Å². The van der Waals surface area contributed by atoms with E-state index in [9.17, 15) is 0 Å². The summed E-state index contributed by atoms with van der Waals surface area (Å²) >= 11 is 6.00. The Morgan fingerprint density at radius 2 is 2.14 bits per heavy atom. The number of anilines is 3. The number of nitrogen functional groups attached to an aromatic ring is 1. The van der Waals surface area contributed by atoms with Gasteiger partial charge in [0.25, 0.3) is 0 Å². The highest BCUT2D eigenvalue weighted by atomic mass is 35.5. The van der Waals surface area contributed by atoms with Crippen LogP contribution in [0, 0.1) is 0 Å². The summed E-state index contributed by atoms with van der Waals surface area (Å²) in [5, 5.41) is 7.89. The van der Waals surface area contributed by atoms with Crippen molar-refractivity contribution in [3.63, 3.8) is 0 Å². The summed E-state index contributed by atoms with van der Waals surface area (Å²) in [7, 11) is 1.57. The number of nitrogens with zero attached hydrogens (tertiary/aromatic N) is 4. The van der Waals surface area contributed by atoms with Crippen molar-refractivity contribution < 1.29 is 4.74 Å². The summed E-state index contributed by atoms with van der Waals surface area (Å²) in [6, 6.07) is 10.7. The molecule has 0 radical (unpaired) electrons. The quantitative estimate of drug-likeness (QED) is 0.769. The van der Waals surface area contributed by atoms with Crippen molar-refractivity contribution in [2.75, 3.05) is 18.2 Å². The van der Waals surface area contributed by atoms with Crippen LogP contribution in [0.25, 0.3) is 5.82 Å². The van der Waals surface area contributed by atoms with Crippen molar-refractivity contribution in [3.8, 4) is 11.6 Å². The van der Waals surface area contributed by atoms with Crippen LogP contribution in [0.3, 0.4) is 0 Å². The van der Waals surface area contributed by atoms with Gasteiger partial charge >= 0.3 is 0 Å². The van der Waals surface area contributed by atoms with Crippen molar-refractivity contribution >= 4 is 29.2 Å². The van der Waals surface area contributed by atoms with E-state index in [4.69, 9.17) is 22.1 Å². The first-order valence-corrected chi connectivity index (χ1v) is 6.79. The summed E-state index contributed by atoms with van der Waals surface area (Å²) < 4.78 is 6.71. The number of hydrogen-bond acceptors (Lipinski definition) is 6. The van der Waals surface area contributed by atoms with E-state index in [0.717, 1.165) is 0 Å². The molecule has 0 atom stereocenters.